The van der Waals surface area contributed by atoms with Gasteiger partial charge in [0, 0.05) is 22.8 Å². The van der Waals surface area contributed by atoms with Crippen molar-refractivity contribution in [3.63, 3.8) is 0 Å². The van der Waals surface area contributed by atoms with Crippen molar-refractivity contribution < 1.29 is 27.4 Å². The molecule has 24 heavy (non-hydrogen) atoms. The zero-order valence-corrected chi connectivity index (χ0v) is 13.6. The number of ether oxygens (including phenoxy) is 2. The van der Waals surface area contributed by atoms with Gasteiger partial charge >= 0.3 is 6.18 Å². The smallest absolute Gasteiger partial charge is 0.435 e. The van der Waals surface area contributed by atoms with Crippen LogP contribution in [-0.4, -0.2) is 28.9 Å². The van der Waals surface area contributed by atoms with E-state index < -0.39 is 17.8 Å². The van der Waals surface area contributed by atoms with Crippen molar-refractivity contribution in [3.05, 3.63) is 34.6 Å². The van der Waals surface area contributed by atoms with Gasteiger partial charge in [-0.1, -0.05) is 0 Å². The van der Waals surface area contributed by atoms with Crippen LogP contribution < -0.4 is 14.8 Å². The van der Waals surface area contributed by atoms with Crippen LogP contribution in [0.3, 0.4) is 0 Å². The summed E-state index contributed by atoms with van der Waals surface area (Å²) in [6.07, 6.45) is -3.44. The predicted octanol–water partition coefficient (Wildman–Crippen LogP) is 3.07. The molecule has 2 heterocycles. The summed E-state index contributed by atoms with van der Waals surface area (Å²) in [6, 6.07) is 4.05. The molecule has 3 rings (SSSR count). The summed E-state index contributed by atoms with van der Waals surface area (Å²) < 4.78 is 49.8. The summed E-state index contributed by atoms with van der Waals surface area (Å²) in [4.78, 5) is 12.0. The fraction of sp³-hybridized carbons (Fsp3) is 0.286. The number of aromatic nitrogens is 2. The molecule has 0 saturated heterocycles. The molecule has 6 nitrogen and oxygen atoms in total. The first-order valence-corrected chi connectivity index (χ1v) is 7.62. The molecule has 1 aliphatic rings. The van der Waals surface area contributed by atoms with Crippen LogP contribution in [0, 0.1) is 0 Å². The van der Waals surface area contributed by atoms with Gasteiger partial charge in [0.2, 0.25) is 5.91 Å². The highest BCUT2D eigenvalue weighted by atomic mass is 79.9. The summed E-state index contributed by atoms with van der Waals surface area (Å²) >= 11 is 3.30. The van der Waals surface area contributed by atoms with Gasteiger partial charge in [-0.2, -0.15) is 18.3 Å². The van der Waals surface area contributed by atoms with Gasteiger partial charge in [0.15, 0.2) is 17.2 Å². The first kappa shape index (κ1) is 16.6. The third kappa shape index (κ3) is 3.64. The molecular formula is C14H11BrF3N3O3. The zero-order valence-electron chi connectivity index (χ0n) is 12.1. The van der Waals surface area contributed by atoms with E-state index in [0.29, 0.717) is 34.9 Å². The van der Waals surface area contributed by atoms with E-state index in [9.17, 15) is 18.0 Å². The Morgan fingerprint density at radius 3 is 2.58 bits per heavy atom. The largest absolute Gasteiger partial charge is 0.486 e. The molecule has 10 heteroatoms. The van der Waals surface area contributed by atoms with Crippen molar-refractivity contribution in [2.45, 2.75) is 12.7 Å². The Balaban J connectivity index is 1.70. The first-order chi connectivity index (χ1) is 11.3. The van der Waals surface area contributed by atoms with Crippen LogP contribution in [0.5, 0.6) is 11.5 Å². The lowest BCUT2D eigenvalue weighted by molar-refractivity contribution is -0.141. The van der Waals surface area contributed by atoms with Gasteiger partial charge in [-0.3, -0.25) is 9.48 Å². The lowest BCUT2D eigenvalue weighted by atomic mass is 10.2. The Morgan fingerprint density at radius 1 is 1.29 bits per heavy atom. The molecule has 128 valence electrons. The molecule has 0 bridgehead atoms. The highest BCUT2D eigenvalue weighted by Crippen LogP contribution is 2.38. The standard InChI is InChI=1S/C14H11BrF3N3O3/c15-8-5-10-11(24-4-3-23-10)6-9(8)19-13(22)7-21-2-1-12(20-21)14(16,17)18/h1-2,5-6H,3-4,7H2,(H,19,22). The summed E-state index contributed by atoms with van der Waals surface area (Å²) in [6.45, 7) is 0.485. The first-order valence-electron chi connectivity index (χ1n) is 6.82. The lowest BCUT2D eigenvalue weighted by Gasteiger charge is -2.20. The number of amides is 1. The van der Waals surface area contributed by atoms with E-state index in [1.807, 2.05) is 0 Å². The molecule has 0 atom stereocenters. The van der Waals surface area contributed by atoms with Crippen LogP contribution in [0.1, 0.15) is 5.69 Å². The molecule has 1 aromatic heterocycles. The van der Waals surface area contributed by atoms with Gasteiger partial charge in [-0.05, 0) is 22.0 Å². The van der Waals surface area contributed by atoms with Gasteiger partial charge in [0.1, 0.15) is 19.8 Å². The monoisotopic (exact) mass is 405 g/mol. The Hall–Kier alpha value is -2.23. The van der Waals surface area contributed by atoms with E-state index in [1.165, 1.54) is 0 Å². The van der Waals surface area contributed by atoms with Crippen LogP contribution >= 0.6 is 15.9 Å². The predicted molar refractivity (Wildman–Crippen MR) is 81.0 cm³/mol. The van der Waals surface area contributed by atoms with Crippen LogP contribution in [0.25, 0.3) is 0 Å². The van der Waals surface area contributed by atoms with E-state index in [4.69, 9.17) is 9.47 Å². The second kappa shape index (κ2) is 6.34. The minimum Gasteiger partial charge on any atom is -0.486 e. The SMILES string of the molecule is O=C(Cn1ccc(C(F)(F)F)n1)Nc1cc2c(cc1Br)OCCO2. The molecule has 0 spiro atoms. The van der Waals surface area contributed by atoms with E-state index in [0.717, 1.165) is 16.9 Å². The number of carbonyl (C=O) groups is 1. The quantitative estimate of drug-likeness (QED) is 0.851. The van der Waals surface area contributed by atoms with E-state index in [2.05, 4.69) is 26.3 Å². The average Bonchev–Trinajstić information content (AvgIpc) is 2.96. The molecule has 0 radical (unpaired) electrons. The molecule has 1 N–H and O–H groups in total. The molecular weight excluding hydrogens is 395 g/mol. The van der Waals surface area contributed by atoms with Crippen LogP contribution in [0.4, 0.5) is 18.9 Å². The highest BCUT2D eigenvalue weighted by molar-refractivity contribution is 9.10. The number of benzene rings is 1. The van der Waals surface area contributed by atoms with Gasteiger partial charge in [0.05, 0.1) is 5.69 Å². The maximum atomic E-state index is 12.5. The molecule has 0 saturated carbocycles. The minimum atomic E-state index is -4.54. The molecule has 1 aromatic carbocycles. The number of fused-ring (bicyclic) bond motifs is 1. The zero-order chi connectivity index (χ0) is 17.3. The maximum Gasteiger partial charge on any atom is 0.435 e. The number of hydrogen-bond acceptors (Lipinski definition) is 4. The number of hydrogen-bond donors (Lipinski definition) is 1. The summed E-state index contributed by atoms with van der Waals surface area (Å²) in [7, 11) is 0. The van der Waals surface area contributed by atoms with Crippen molar-refractivity contribution in [2.75, 3.05) is 18.5 Å². The average molecular weight is 406 g/mol. The Bertz CT molecular complexity index is 776. The van der Waals surface area contributed by atoms with E-state index in [-0.39, 0.29) is 6.54 Å². The lowest BCUT2D eigenvalue weighted by Crippen LogP contribution is -2.20. The number of halogens is 4. The third-order valence-electron chi connectivity index (χ3n) is 3.14. The van der Waals surface area contributed by atoms with Crippen molar-refractivity contribution in [1.82, 2.24) is 9.78 Å². The fourth-order valence-corrected chi connectivity index (χ4v) is 2.52. The summed E-state index contributed by atoms with van der Waals surface area (Å²) in [5.74, 6) is 0.510. The third-order valence-corrected chi connectivity index (χ3v) is 3.80. The number of nitrogens with zero attached hydrogens (tertiary/aromatic N) is 2. The second-order valence-electron chi connectivity index (χ2n) is 4.92. The molecule has 0 unspecified atom stereocenters. The van der Waals surface area contributed by atoms with E-state index in [1.54, 1.807) is 12.1 Å². The number of nitrogens with one attached hydrogen (secondary N) is 1. The number of alkyl halides is 3. The number of carbonyl (C=O) groups excluding carboxylic acids is 1. The van der Waals surface area contributed by atoms with Gasteiger partial charge in [0.25, 0.3) is 0 Å². The molecule has 1 amide bonds. The number of rotatable bonds is 3. The molecule has 1 aliphatic heterocycles. The molecule has 2 aromatic rings. The van der Waals surface area contributed by atoms with Crippen LogP contribution in [0.2, 0.25) is 0 Å². The normalized spacial score (nSPS) is 13.7. The topological polar surface area (TPSA) is 65.4 Å². The van der Waals surface area contributed by atoms with Crippen molar-refractivity contribution in [1.29, 1.82) is 0 Å². The minimum absolute atomic E-state index is 0.350. The molecule has 0 aliphatic carbocycles. The van der Waals surface area contributed by atoms with Gasteiger partial charge < -0.3 is 14.8 Å². The summed E-state index contributed by atoms with van der Waals surface area (Å²) in [5, 5.41) is 5.92. The Labute approximate surface area is 142 Å². The van der Waals surface area contributed by atoms with Crippen molar-refractivity contribution >= 4 is 27.5 Å². The van der Waals surface area contributed by atoms with Crippen LogP contribution in [-0.2, 0) is 17.5 Å². The van der Waals surface area contributed by atoms with Crippen LogP contribution in [0.15, 0.2) is 28.9 Å². The van der Waals surface area contributed by atoms with Crippen molar-refractivity contribution in [3.8, 4) is 11.5 Å². The van der Waals surface area contributed by atoms with Gasteiger partial charge in [-0.25, -0.2) is 0 Å². The molecule has 0 fully saturated rings. The Kier molecular flexibility index (Phi) is 4.39. The number of anilines is 1. The van der Waals surface area contributed by atoms with Gasteiger partial charge in [-0.15, -0.1) is 0 Å². The fourth-order valence-electron chi connectivity index (χ4n) is 2.10. The second-order valence-corrected chi connectivity index (χ2v) is 5.77. The van der Waals surface area contributed by atoms with Crippen molar-refractivity contribution in [2.24, 2.45) is 0 Å². The maximum absolute atomic E-state index is 12.5. The summed E-state index contributed by atoms with van der Waals surface area (Å²) in [5.41, 5.74) is -0.622. The van der Waals surface area contributed by atoms with E-state index >= 15 is 0 Å². The Morgan fingerprint density at radius 2 is 1.96 bits per heavy atom. The highest BCUT2D eigenvalue weighted by Gasteiger charge is 2.33.